The Hall–Kier alpha value is -3.55. The van der Waals surface area contributed by atoms with Crippen molar-refractivity contribution in [1.29, 1.82) is 0 Å². The summed E-state index contributed by atoms with van der Waals surface area (Å²) in [5, 5.41) is 3.09. The molecule has 28 heavy (non-hydrogen) atoms. The van der Waals surface area contributed by atoms with Crippen molar-refractivity contribution in [3.63, 3.8) is 0 Å². The van der Waals surface area contributed by atoms with E-state index < -0.39 is 11.9 Å². The molecule has 1 N–H and O–H groups in total. The Balaban J connectivity index is 1.77. The summed E-state index contributed by atoms with van der Waals surface area (Å²) in [5.41, 5.74) is 0.0543. The minimum absolute atomic E-state index is 0.0959. The SMILES string of the molecule is COc1ccc(Nc2cccc(-c3c(C(F)(F)F)nc4ccccn34)n2)cc1. The fourth-order valence-corrected chi connectivity index (χ4v) is 2.90. The van der Waals surface area contributed by atoms with E-state index in [4.69, 9.17) is 4.74 Å². The summed E-state index contributed by atoms with van der Waals surface area (Å²) in [6, 6.07) is 16.8. The Bertz CT molecular complexity index is 1120. The van der Waals surface area contributed by atoms with E-state index in [2.05, 4.69) is 15.3 Å². The molecule has 3 aromatic heterocycles. The zero-order chi connectivity index (χ0) is 19.7. The average Bonchev–Trinajstić information content (AvgIpc) is 3.09. The van der Waals surface area contributed by atoms with E-state index >= 15 is 0 Å². The molecule has 3 heterocycles. The van der Waals surface area contributed by atoms with Crippen LogP contribution in [0.5, 0.6) is 5.75 Å². The molecular formula is C20H15F3N4O. The Labute approximate surface area is 158 Å². The monoisotopic (exact) mass is 384 g/mol. The third kappa shape index (κ3) is 3.36. The number of nitrogens with zero attached hydrogens (tertiary/aromatic N) is 3. The molecule has 142 valence electrons. The number of benzene rings is 1. The number of hydrogen-bond donors (Lipinski definition) is 1. The van der Waals surface area contributed by atoms with Crippen molar-refractivity contribution in [1.82, 2.24) is 14.4 Å². The number of aromatic nitrogens is 3. The van der Waals surface area contributed by atoms with Crippen LogP contribution in [-0.4, -0.2) is 21.5 Å². The third-order valence-corrected chi connectivity index (χ3v) is 4.15. The van der Waals surface area contributed by atoms with Gasteiger partial charge in [0.2, 0.25) is 0 Å². The number of pyridine rings is 2. The van der Waals surface area contributed by atoms with E-state index in [9.17, 15) is 13.2 Å². The van der Waals surface area contributed by atoms with Gasteiger partial charge in [0.15, 0.2) is 5.69 Å². The molecule has 0 radical (unpaired) electrons. The van der Waals surface area contributed by atoms with Crippen LogP contribution in [-0.2, 0) is 6.18 Å². The van der Waals surface area contributed by atoms with Gasteiger partial charge in [-0.3, -0.25) is 4.40 Å². The highest BCUT2D eigenvalue weighted by atomic mass is 19.4. The molecule has 0 saturated heterocycles. The fourth-order valence-electron chi connectivity index (χ4n) is 2.90. The summed E-state index contributed by atoms with van der Waals surface area (Å²) in [6.07, 6.45) is -3.05. The Kier molecular flexibility index (Phi) is 4.38. The number of alkyl halides is 3. The van der Waals surface area contributed by atoms with Gasteiger partial charge in [-0.15, -0.1) is 0 Å². The number of fused-ring (bicyclic) bond motifs is 1. The van der Waals surface area contributed by atoms with E-state index in [0.29, 0.717) is 11.6 Å². The minimum Gasteiger partial charge on any atom is -0.497 e. The minimum atomic E-state index is -4.59. The maximum atomic E-state index is 13.6. The Morgan fingerprint density at radius 2 is 1.71 bits per heavy atom. The normalized spacial score (nSPS) is 11.6. The van der Waals surface area contributed by atoms with Gasteiger partial charge in [0.25, 0.3) is 0 Å². The van der Waals surface area contributed by atoms with Crippen molar-refractivity contribution in [3.05, 3.63) is 72.6 Å². The smallest absolute Gasteiger partial charge is 0.435 e. The summed E-state index contributed by atoms with van der Waals surface area (Å²) in [4.78, 5) is 8.13. The van der Waals surface area contributed by atoms with E-state index in [1.54, 1.807) is 55.6 Å². The van der Waals surface area contributed by atoms with Crippen molar-refractivity contribution in [2.75, 3.05) is 12.4 Å². The van der Waals surface area contributed by atoms with Crippen LogP contribution < -0.4 is 10.1 Å². The lowest BCUT2D eigenvalue weighted by Gasteiger charge is -2.10. The lowest BCUT2D eigenvalue weighted by atomic mass is 10.2. The van der Waals surface area contributed by atoms with Gasteiger partial charge in [0.05, 0.1) is 12.8 Å². The van der Waals surface area contributed by atoms with Gasteiger partial charge < -0.3 is 10.1 Å². The van der Waals surface area contributed by atoms with Gasteiger partial charge >= 0.3 is 6.18 Å². The number of ether oxygens (including phenoxy) is 1. The van der Waals surface area contributed by atoms with Crippen molar-refractivity contribution in [3.8, 4) is 17.1 Å². The quantitative estimate of drug-likeness (QED) is 0.528. The summed E-state index contributed by atoms with van der Waals surface area (Å²) >= 11 is 0. The first-order valence-electron chi connectivity index (χ1n) is 8.38. The molecule has 4 rings (SSSR count). The van der Waals surface area contributed by atoms with Gasteiger partial charge in [-0.1, -0.05) is 12.1 Å². The van der Waals surface area contributed by atoms with Crippen molar-refractivity contribution in [2.24, 2.45) is 0 Å². The van der Waals surface area contributed by atoms with Crippen molar-refractivity contribution >= 4 is 17.2 Å². The first kappa shape index (κ1) is 17.8. The van der Waals surface area contributed by atoms with E-state index in [-0.39, 0.29) is 17.0 Å². The first-order valence-corrected chi connectivity index (χ1v) is 8.38. The summed E-state index contributed by atoms with van der Waals surface area (Å²) in [5.74, 6) is 1.12. The molecule has 0 aliphatic carbocycles. The molecular weight excluding hydrogens is 369 g/mol. The lowest BCUT2D eigenvalue weighted by molar-refractivity contribution is -0.140. The Morgan fingerprint density at radius 3 is 2.43 bits per heavy atom. The number of halogens is 3. The molecule has 1 aromatic carbocycles. The molecule has 0 amide bonds. The zero-order valence-electron chi connectivity index (χ0n) is 14.7. The Morgan fingerprint density at radius 1 is 0.929 bits per heavy atom. The zero-order valence-corrected chi connectivity index (χ0v) is 14.7. The largest absolute Gasteiger partial charge is 0.497 e. The van der Waals surface area contributed by atoms with Gasteiger partial charge in [-0.05, 0) is 48.5 Å². The maximum Gasteiger partial charge on any atom is 0.435 e. The predicted octanol–water partition coefficient (Wildman–Crippen LogP) is 5.17. The highest BCUT2D eigenvalue weighted by Crippen LogP contribution is 2.37. The van der Waals surface area contributed by atoms with Gasteiger partial charge in [-0.25, -0.2) is 9.97 Å². The highest BCUT2D eigenvalue weighted by molar-refractivity contribution is 5.67. The van der Waals surface area contributed by atoms with E-state index in [1.807, 2.05) is 0 Å². The molecule has 0 spiro atoms. The predicted molar refractivity (Wildman–Crippen MR) is 99.7 cm³/mol. The lowest BCUT2D eigenvalue weighted by Crippen LogP contribution is -2.08. The molecule has 0 aliphatic rings. The average molecular weight is 384 g/mol. The highest BCUT2D eigenvalue weighted by Gasteiger charge is 2.38. The van der Waals surface area contributed by atoms with Crippen LogP contribution >= 0.6 is 0 Å². The summed E-state index contributed by atoms with van der Waals surface area (Å²) < 4.78 is 47.2. The molecule has 0 fully saturated rings. The van der Waals surface area contributed by atoms with Crippen LogP contribution in [0.1, 0.15) is 5.69 Å². The van der Waals surface area contributed by atoms with Crippen LogP contribution in [0.4, 0.5) is 24.7 Å². The van der Waals surface area contributed by atoms with Crippen LogP contribution in [0.2, 0.25) is 0 Å². The number of imidazole rings is 1. The van der Waals surface area contributed by atoms with Gasteiger partial charge in [-0.2, -0.15) is 13.2 Å². The fraction of sp³-hybridized carbons (Fsp3) is 0.100. The standard InChI is InChI=1S/C20H15F3N4O/c1-28-14-10-8-13(9-11-14)24-16-6-4-5-15(25-16)18-19(20(21,22)23)26-17-7-2-3-12-27(17)18/h2-12H,1H3,(H,24,25). The van der Waals surface area contributed by atoms with Crippen LogP contribution in [0, 0.1) is 0 Å². The second-order valence-electron chi connectivity index (χ2n) is 6.00. The van der Waals surface area contributed by atoms with Crippen LogP contribution in [0.15, 0.2) is 66.9 Å². The molecule has 0 atom stereocenters. The molecule has 8 heteroatoms. The molecule has 0 saturated carbocycles. The summed E-state index contributed by atoms with van der Waals surface area (Å²) in [6.45, 7) is 0. The molecule has 0 unspecified atom stereocenters. The third-order valence-electron chi connectivity index (χ3n) is 4.15. The first-order chi connectivity index (χ1) is 13.5. The van der Waals surface area contributed by atoms with E-state index in [1.165, 1.54) is 22.7 Å². The van der Waals surface area contributed by atoms with Gasteiger partial charge in [0, 0.05) is 11.9 Å². The van der Waals surface area contributed by atoms with Gasteiger partial charge in [0.1, 0.15) is 22.9 Å². The number of nitrogens with one attached hydrogen (secondary N) is 1. The second-order valence-corrected chi connectivity index (χ2v) is 6.00. The molecule has 0 bridgehead atoms. The summed E-state index contributed by atoms with van der Waals surface area (Å²) in [7, 11) is 1.57. The molecule has 4 aromatic rings. The van der Waals surface area contributed by atoms with Crippen molar-refractivity contribution < 1.29 is 17.9 Å². The van der Waals surface area contributed by atoms with Crippen LogP contribution in [0.3, 0.4) is 0 Å². The number of hydrogen-bond acceptors (Lipinski definition) is 4. The number of anilines is 2. The molecule has 5 nitrogen and oxygen atoms in total. The topological polar surface area (TPSA) is 51.5 Å². The van der Waals surface area contributed by atoms with Crippen molar-refractivity contribution in [2.45, 2.75) is 6.18 Å². The van der Waals surface area contributed by atoms with Crippen LogP contribution in [0.25, 0.3) is 17.0 Å². The second kappa shape index (κ2) is 6.88. The number of methoxy groups -OCH3 is 1. The van der Waals surface area contributed by atoms with E-state index in [0.717, 1.165) is 5.69 Å². The maximum absolute atomic E-state index is 13.6. The number of rotatable bonds is 4. The molecule has 0 aliphatic heterocycles.